The fraction of sp³-hybridized carbons (Fsp3) is 0.261. The number of nitrogen functional groups attached to an aromatic ring is 1. The molecule has 7 heteroatoms. The zero-order valence-corrected chi connectivity index (χ0v) is 17.2. The number of aryl methyl sites for hydroxylation is 1. The van der Waals surface area contributed by atoms with Crippen LogP contribution in [0.15, 0.2) is 54.5 Å². The number of piperidine rings is 1. The van der Waals surface area contributed by atoms with Crippen LogP contribution in [0.25, 0.3) is 11.8 Å². The molecule has 2 aromatic heterocycles. The third-order valence-corrected chi connectivity index (χ3v) is 5.15. The highest BCUT2D eigenvalue weighted by molar-refractivity contribution is 5.98. The number of aromatic nitrogens is 3. The number of amides is 1. The number of carbonyl (C=O) groups is 1. The molecule has 7 nitrogen and oxygen atoms in total. The van der Waals surface area contributed by atoms with Crippen molar-refractivity contribution in [2.45, 2.75) is 26.3 Å². The van der Waals surface area contributed by atoms with E-state index < -0.39 is 0 Å². The van der Waals surface area contributed by atoms with Crippen molar-refractivity contribution in [1.29, 1.82) is 0 Å². The molecule has 1 aliphatic rings. The molecule has 0 aliphatic carbocycles. The van der Waals surface area contributed by atoms with Crippen molar-refractivity contribution in [2.24, 2.45) is 0 Å². The normalized spacial score (nSPS) is 15.6. The minimum absolute atomic E-state index is 0.0405. The molecule has 4 rings (SSSR count). The Labute approximate surface area is 175 Å². The number of nitrogens with zero attached hydrogens (tertiary/aromatic N) is 4. The third-order valence-electron chi connectivity index (χ3n) is 5.15. The van der Waals surface area contributed by atoms with Crippen molar-refractivity contribution >= 4 is 17.8 Å². The van der Waals surface area contributed by atoms with Gasteiger partial charge in [0.15, 0.2) is 0 Å². The van der Waals surface area contributed by atoms with Crippen molar-refractivity contribution in [1.82, 2.24) is 19.4 Å². The molecule has 1 aromatic carbocycles. The van der Waals surface area contributed by atoms with Crippen LogP contribution in [0, 0.1) is 6.92 Å². The molecule has 0 atom stereocenters. The SMILES string of the molecule is COc1cc(/C=C2\CCCN(Cc3cccc(N)n3)C2=O)ccc1-n1cnc(C)c1. The van der Waals surface area contributed by atoms with Gasteiger partial charge < -0.3 is 19.9 Å². The van der Waals surface area contributed by atoms with E-state index in [1.165, 1.54) is 0 Å². The van der Waals surface area contributed by atoms with Crippen LogP contribution in [0.1, 0.15) is 29.8 Å². The summed E-state index contributed by atoms with van der Waals surface area (Å²) >= 11 is 0. The van der Waals surface area contributed by atoms with Crippen LogP contribution in [0.5, 0.6) is 5.75 Å². The lowest BCUT2D eigenvalue weighted by atomic mass is 10.00. The van der Waals surface area contributed by atoms with E-state index in [9.17, 15) is 4.79 Å². The summed E-state index contributed by atoms with van der Waals surface area (Å²) in [6.45, 7) is 3.12. The topological polar surface area (TPSA) is 86.3 Å². The summed E-state index contributed by atoms with van der Waals surface area (Å²) < 4.78 is 7.51. The summed E-state index contributed by atoms with van der Waals surface area (Å²) in [5, 5.41) is 0. The van der Waals surface area contributed by atoms with Crippen molar-refractivity contribution in [3.05, 3.63) is 71.4 Å². The number of carbonyl (C=O) groups excluding carboxylic acids is 1. The summed E-state index contributed by atoms with van der Waals surface area (Å²) in [6.07, 6.45) is 7.34. The van der Waals surface area contributed by atoms with Crippen LogP contribution in [0.3, 0.4) is 0 Å². The quantitative estimate of drug-likeness (QED) is 0.660. The fourth-order valence-electron chi connectivity index (χ4n) is 3.69. The van der Waals surface area contributed by atoms with Gasteiger partial charge in [0.1, 0.15) is 11.6 Å². The Bertz CT molecular complexity index is 1100. The number of likely N-dealkylation sites (tertiary alicyclic amines) is 1. The predicted octanol–water partition coefficient (Wildman–Crippen LogP) is 3.37. The molecule has 0 bridgehead atoms. The van der Waals surface area contributed by atoms with Crippen molar-refractivity contribution in [3.8, 4) is 11.4 Å². The number of hydrogen-bond donors (Lipinski definition) is 1. The number of methoxy groups -OCH3 is 1. The average Bonchev–Trinajstić information content (AvgIpc) is 3.17. The van der Waals surface area contributed by atoms with Gasteiger partial charge >= 0.3 is 0 Å². The Morgan fingerprint density at radius 3 is 2.87 bits per heavy atom. The Morgan fingerprint density at radius 1 is 1.27 bits per heavy atom. The third kappa shape index (κ3) is 4.20. The number of rotatable bonds is 5. The maximum absolute atomic E-state index is 13.0. The molecular weight excluding hydrogens is 378 g/mol. The first-order chi connectivity index (χ1) is 14.5. The van der Waals surface area contributed by atoms with Crippen LogP contribution in [0.2, 0.25) is 0 Å². The van der Waals surface area contributed by atoms with E-state index in [4.69, 9.17) is 10.5 Å². The summed E-state index contributed by atoms with van der Waals surface area (Å²) in [5.74, 6) is 1.23. The highest BCUT2D eigenvalue weighted by Gasteiger charge is 2.23. The van der Waals surface area contributed by atoms with Gasteiger partial charge in [0.2, 0.25) is 5.91 Å². The summed E-state index contributed by atoms with van der Waals surface area (Å²) in [4.78, 5) is 23.4. The number of benzene rings is 1. The minimum Gasteiger partial charge on any atom is -0.495 e. The number of hydrogen-bond acceptors (Lipinski definition) is 5. The zero-order valence-electron chi connectivity index (χ0n) is 17.2. The fourth-order valence-corrected chi connectivity index (χ4v) is 3.69. The van der Waals surface area contributed by atoms with Crippen LogP contribution >= 0.6 is 0 Å². The zero-order chi connectivity index (χ0) is 21.1. The molecule has 3 heterocycles. The number of nitrogens with two attached hydrogens (primary N) is 1. The second-order valence-corrected chi connectivity index (χ2v) is 7.41. The first-order valence-electron chi connectivity index (χ1n) is 9.94. The summed E-state index contributed by atoms with van der Waals surface area (Å²) in [7, 11) is 1.64. The van der Waals surface area contributed by atoms with Crippen LogP contribution in [0.4, 0.5) is 5.82 Å². The molecule has 0 spiro atoms. The Balaban J connectivity index is 1.56. The van der Waals surface area contributed by atoms with E-state index in [1.807, 2.05) is 59.0 Å². The lowest BCUT2D eigenvalue weighted by Crippen LogP contribution is -2.36. The standard InChI is InChI=1S/C23H25N5O2/c1-16-13-28(15-25-16)20-9-8-17(12-21(20)30-2)11-18-5-4-10-27(23(18)29)14-19-6-3-7-22(24)26-19/h3,6-9,11-13,15H,4-5,10,14H2,1-2H3,(H2,24,26)/b18-11+. The largest absolute Gasteiger partial charge is 0.495 e. The second kappa shape index (κ2) is 8.41. The minimum atomic E-state index is 0.0405. The van der Waals surface area contributed by atoms with Crippen molar-refractivity contribution in [3.63, 3.8) is 0 Å². The van der Waals surface area contributed by atoms with E-state index in [2.05, 4.69) is 9.97 Å². The van der Waals surface area contributed by atoms with Gasteiger partial charge in [-0.15, -0.1) is 0 Å². The molecule has 0 saturated carbocycles. The van der Waals surface area contributed by atoms with Crippen LogP contribution < -0.4 is 10.5 Å². The smallest absolute Gasteiger partial charge is 0.250 e. The monoisotopic (exact) mass is 403 g/mol. The summed E-state index contributed by atoms with van der Waals surface area (Å²) in [6, 6.07) is 11.4. The molecule has 3 aromatic rings. The van der Waals surface area contributed by atoms with Crippen molar-refractivity contribution < 1.29 is 9.53 Å². The van der Waals surface area contributed by atoms with Crippen LogP contribution in [-0.4, -0.2) is 39.0 Å². The average molecular weight is 403 g/mol. The van der Waals surface area contributed by atoms with Gasteiger partial charge in [-0.1, -0.05) is 12.1 Å². The molecule has 0 unspecified atom stereocenters. The maximum Gasteiger partial charge on any atom is 0.250 e. The lowest BCUT2D eigenvalue weighted by Gasteiger charge is -2.28. The summed E-state index contributed by atoms with van der Waals surface area (Å²) in [5.41, 5.74) is 10.1. The molecule has 1 amide bonds. The predicted molar refractivity (Wildman–Crippen MR) is 116 cm³/mol. The molecule has 1 fully saturated rings. The van der Waals surface area contributed by atoms with Gasteiger partial charge in [0.05, 0.1) is 37.1 Å². The van der Waals surface area contributed by atoms with Gasteiger partial charge in [-0.25, -0.2) is 9.97 Å². The van der Waals surface area contributed by atoms with E-state index in [0.29, 0.717) is 12.4 Å². The second-order valence-electron chi connectivity index (χ2n) is 7.41. The highest BCUT2D eigenvalue weighted by Crippen LogP contribution is 2.27. The van der Waals surface area contributed by atoms with Gasteiger partial charge in [0.25, 0.3) is 0 Å². The molecule has 154 valence electrons. The number of pyridine rings is 1. The van der Waals surface area contributed by atoms with E-state index in [1.54, 1.807) is 19.5 Å². The molecule has 30 heavy (non-hydrogen) atoms. The molecule has 0 radical (unpaired) electrons. The Hall–Kier alpha value is -3.61. The molecule has 1 aliphatic heterocycles. The van der Waals surface area contributed by atoms with Crippen molar-refractivity contribution in [2.75, 3.05) is 19.4 Å². The highest BCUT2D eigenvalue weighted by atomic mass is 16.5. The van der Waals surface area contributed by atoms with E-state index in [-0.39, 0.29) is 5.91 Å². The number of ether oxygens (including phenoxy) is 1. The van der Waals surface area contributed by atoms with Gasteiger partial charge in [0, 0.05) is 18.3 Å². The van der Waals surface area contributed by atoms with Crippen LogP contribution in [-0.2, 0) is 11.3 Å². The molecular formula is C23H25N5O2. The Morgan fingerprint density at radius 2 is 2.13 bits per heavy atom. The van der Waals surface area contributed by atoms with Gasteiger partial charge in [-0.3, -0.25) is 4.79 Å². The first kappa shape index (κ1) is 19.7. The first-order valence-corrected chi connectivity index (χ1v) is 9.94. The number of imidazole rings is 1. The van der Waals surface area contributed by atoms with E-state index in [0.717, 1.165) is 53.3 Å². The number of anilines is 1. The maximum atomic E-state index is 13.0. The van der Waals surface area contributed by atoms with Gasteiger partial charge in [-0.2, -0.15) is 0 Å². The molecule has 1 saturated heterocycles. The molecule has 2 N–H and O–H groups in total. The Kier molecular flexibility index (Phi) is 5.52. The van der Waals surface area contributed by atoms with E-state index >= 15 is 0 Å². The van der Waals surface area contributed by atoms with Gasteiger partial charge in [-0.05, 0) is 55.7 Å². The lowest BCUT2D eigenvalue weighted by molar-refractivity contribution is -0.129.